The number of nitrogens with one attached hydrogen (secondary N) is 1. The number of hydrogen-bond acceptors (Lipinski definition) is 4. The SMILES string of the molecule is N=Cc1cc(O)cc2c(Br)cc(-c3ccc(O)c(F)c3)nc12. The molecule has 0 saturated carbocycles. The molecule has 3 rings (SSSR count). The molecule has 3 N–H and O–H groups in total. The Labute approximate surface area is 133 Å². The van der Waals surface area contributed by atoms with Crippen molar-refractivity contribution < 1.29 is 14.6 Å². The first-order valence-electron chi connectivity index (χ1n) is 6.32. The molecule has 0 unspecified atom stereocenters. The average Bonchev–Trinajstić information content (AvgIpc) is 2.49. The van der Waals surface area contributed by atoms with E-state index >= 15 is 0 Å². The minimum atomic E-state index is -0.728. The van der Waals surface area contributed by atoms with Gasteiger partial charge in [-0.3, -0.25) is 0 Å². The molecule has 0 spiro atoms. The summed E-state index contributed by atoms with van der Waals surface area (Å²) in [7, 11) is 0. The minimum Gasteiger partial charge on any atom is -0.508 e. The molecule has 0 aliphatic heterocycles. The lowest BCUT2D eigenvalue weighted by atomic mass is 10.1. The van der Waals surface area contributed by atoms with Crippen LogP contribution in [0, 0.1) is 11.2 Å². The van der Waals surface area contributed by atoms with E-state index in [1.54, 1.807) is 18.2 Å². The molecule has 0 aliphatic carbocycles. The quantitative estimate of drug-likeness (QED) is 0.599. The molecule has 0 bridgehead atoms. The van der Waals surface area contributed by atoms with Gasteiger partial charge in [-0.05, 0) is 36.4 Å². The van der Waals surface area contributed by atoms with Crippen LogP contribution < -0.4 is 0 Å². The van der Waals surface area contributed by atoms with E-state index in [4.69, 9.17) is 5.41 Å². The van der Waals surface area contributed by atoms with E-state index in [0.29, 0.717) is 32.2 Å². The lowest BCUT2D eigenvalue weighted by molar-refractivity contribution is 0.432. The van der Waals surface area contributed by atoms with E-state index in [2.05, 4.69) is 20.9 Å². The summed E-state index contributed by atoms with van der Waals surface area (Å²) >= 11 is 3.41. The fourth-order valence-electron chi connectivity index (χ4n) is 2.22. The Hall–Kier alpha value is -2.47. The van der Waals surface area contributed by atoms with Crippen LogP contribution in [0.3, 0.4) is 0 Å². The monoisotopic (exact) mass is 360 g/mol. The van der Waals surface area contributed by atoms with Crippen molar-refractivity contribution in [3.05, 3.63) is 52.3 Å². The van der Waals surface area contributed by atoms with Gasteiger partial charge in [-0.1, -0.05) is 15.9 Å². The minimum absolute atomic E-state index is 0.0388. The van der Waals surface area contributed by atoms with Gasteiger partial charge in [-0.2, -0.15) is 0 Å². The normalized spacial score (nSPS) is 10.8. The summed E-state index contributed by atoms with van der Waals surface area (Å²) < 4.78 is 14.2. The number of benzene rings is 2. The van der Waals surface area contributed by atoms with E-state index in [1.165, 1.54) is 18.2 Å². The van der Waals surface area contributed by atoms with Gasteiger partial charge < -0.3 is 15.6 Å². The van der Waals surface area contributed by atoms with Crippen molar-refractivity contribution in [3.8, 4) is 22.8 Å². The summed E-state index contributed by atoms with van der Waals surface area (Å²) in [6.45, 7) is 0. The van der Waals surface area contributed by atoms with Gasteiger partial charge in [0, 0.05) is 27.2 Å². The van der Waals surface area contributed by atoms with Gasteiger partial charge in [0.25, 0.3) is 0 Å². The second-order valence-electron chi connectivity index (χ2n) is 4.73. The summed E-state index contributed by atoms with van der Waals surface area (Å²) in [6.07, 6.45) is 1.10. The van der Waals surface area contributed by atoms with Gasteiger partial charge in [-0.25, -0.2) is 9.37 Å². The number of phenolic OH excluding ortho intramolecular Hbond substituents is 2. The molecular weight excluding hydrogens is 351 g/mol. The fraction of sp³-hybridized carbons (Fsp3) is 0. The highest BCUT2D eigenvalue weighted by Gasteiger charge is 2.12. The first-order valence-corrected chi connectivity index (χ1v) is 7.11. The molecule has 0 atom stereocenters. The van der Waals surface area contributed by atoms with Crippen LogP contribution in [0.5, 0.6) is 11.5 Å². The van der Waals surface area contributed by atoms with Gasteiger partial charge in [0.05, 0.1) is 11.2 Å². The molecule has 110 valence electrons. The van der Waals surface area contributed by atoms with Crippen molar-refractivity contribution in [2.45, 2.75) is 0 Å². The third-order valence-electron chi connectivity index (χ3n) is 3.28. The van der Waals surface area contributed by atoms with E-state index in [9.17, 15) is 14.6 Å². The predicted octanol–water partition coefficient (Wildman–Crippen LogP) is 4.21. The van der Waals surface area contributed by atoms with E-state index < -0.39 is 11.6 Å². The first kappa shape index (κ1) is 14.5. The van der Waals surface area contributed by atoms with Gasteiger partial charge in [0.1, 0.15) is 5.75 Å². The number of pyridine rings is 1. The maximum absolute atomic E-state index is 13.5. The summed E-state index contributed by atoms with van der Waals surface area (Å²) in [5, 5.41) is 27.1. The molecule has 0 fully saturated rings. The van der Waals surface area contributed by atoms with Crippen LogP contribution in [0.1, 0.15) is 5.56 Å². The Kier molecular flexibility index (Phi) is 3.54. The summed E-state index contributed by atoms with van der Waals surface area (Å²) in [6, 6.07) is 8.70. The predicted molar refractivity (Wildman–Crippen MR) is 86.1 cm³/mol. The van der Waals surface area contributed by atoms with Crippen LogP contribution in [0.2, 0.25) is 0 Å². The smallest absolute Gasteiger partial charge is 0.165 e. The second-order valence-corrected chi connectivity index (χ2v) is 5.59. The highest BCUT2D eigenvalue weighted by molar-refractivity contribution is 9.10. The zero-order chi connectivity index (χ0) is 15.9. The molecule has 0 amide bonds. The number of nitrogens with zero attached hydrogens (tertiary/aromatic N) is 1. The van der Waals surface area contributed by atoms with Gasteiger partial charge in [0.2, 0.25) is 0 Å². The summed E-state index contributed by atoms with van der Waals surface area (Å²) in [5.74, 6) is -1.11. The van der Waals surface area contributed by atoms with E-state index in [-0.39, 0.29) is 5.75 Å². The van der Waals surface area contributed by atoms with E-state index in [0.717, 1.165) is 6.21 Å². The molecule has 2 aromatic carbocycles. The number of aromatic nitrogens is 1. The Bertz CT molecular complexity index is 912. The van der Waals surface area contributed by atoms with Gasteiger partial charge in [0.15, 0.2) is 11.6 Å². The molecular formula is C16H10BrFN2O2. The van der Waals surface area contributed by atoms with Gasteiger partial charge >= 0.3 is 0 Å². The lowest BCUT2D eigenvalue weighted by Crippen LogP contribution is -1.92. The maximum Gasteiger partial charge on any atom is 0.165 e. The molecule has 6 heteroatoms. The highest BCUT2D eigenvalue weighted by Crippen LogP contribution is 2.33. The van der Waals surface area contributed by atoms with Crippen LogP contribution in [-0.2, 0) is 0 Å². The van der Waals surface area contributed by atoms with Crippen molar-refractivity contribution in [2.75, 3.05) is 0 Å². The average molecular weight is 361 g/mol. The van der Waals surface area contributed by atoms with Crippen molar-refractivity contribution in [2.24, 2.45) is 0 Å². The van der Waals surface area contributed by atoms with E-state index in [1.807, 2.05) is 0 Å². The first-order chi connectivity index (χ1) is 10.5. The maximum atomic E-state index is 13.5. The highest BCUT2D eigenvalue weighted by atomic mass is 79.9. The zero-order valence-corrected chi connectivity index (χ0v) is 12.7. The fourth-order valence-corrected chi connectivity index (χ4v) is 2.74. The molecule has 1 heterocycles. The standard InChI is InChI=1S/C16H10BrFN2O2/c17-12-6-14(8-1-2-15(22)13(18)4-8)20-16-9(7-19)3-10(21)5-11(12)16/h1-7,19,21-22H. The number of halogens is 2. The topological polar surface area (TPSA) is 77.2 Å². The van der Waals surface area contributed by atoms with Gasteiger partial charge in [-0.15, -0.1) is 0 Å². The third kappa shape index (κ3) is 2.42. The lowest BCUT2D eigenvalue weighted by Gasteiger charge is -2.09. The number of rotatable bonds is 2. The second kappa shape index (κ2) is 5.38. The number of phenols is 2. The Morgan fingerprint density at radius 1 is 1.14 bits per heavy atom. The van der Waals surface area contributed by atoms with Crippen LogP contribution in [0.4, 0.5) is 4.39 Å². The molecule has 0 aliphatic rings. The van der Waals surface area contributed by atoms with Crippen LogP contribution in [0.15, 0.2) is 40.9 Å². The zero-order valence-electron chi connectivity index (χ0n) is 11.1. The van der Waals surface area contributed by atoms with Crippen molar-refractivity contribution in [1.82, 2.24) is 4.98 Å². The number of hydrogen-bond donors (Lipinski definition) is 3. The Morgan fingerprint density at radius 3 is 2.59 bits per heavy atom. The number of fused-ring (bicyclic) bond motifs is 1. The van der Waals surface area contributed by atoms with Crippen LogP contribution >= 0.6 is 15.9 Å². The summed E-state index contributed by atoms with van der Waals surface area (Å²) in [4.78, 5) is 4.45. The molecule has 22 heavy (non-hydrogen) atoms. The van der Waals surface area contributed by atoms with Crippen LogP contribution in [0.25, 0.3) is 22.2 Å². The van der Waals surface area contributed by atoms with Crippen molar-refractivity contribution in [3.63, 3.8) is 0 Å². The number of aromatic hydroxyl groups is 2. The third-order valence-corrected chi connectivity index (χ3v) is 3.93. The Morgan fingerprint density at radius 2 is 1.91 bits per heavy atom. The molecule has 0 saturated heterocycles. The Balaban J connectivity index is 2.30. The molecule has 1 aromatic heterocycles. The van der Waals surface area contributed by atoms with Crippen molar-refractivity contribution in [1.29, 1.82) is 5.41 Å². The van der Waals surface area contributed by atoms with Crippen molar-refractivity contribution >= 4 is 33.0 Å². The molecule has 3 aromatic rings. The molecule has 0 radical (unpaired) electrons. The largest absolute Gasteiger partial charge is 0.508 e. The summed E-state index contributed by atoms with van der Waals surface area (Å²) in [5.41, 5.74) is 1.97. The van der Waals surface area contributed by atoms with Crippen LogP contribution in [-0.4, -0.2) is 21.4 Å². The molecule has 4 nitrogen and oxygen atoms in total.